The highest BCUT2D eigenvalue weighted by atomic mass is 35.5. The fraction of sp³-hybridized carbons (Fsp3) is 0.353. The third kappa shape index (κ3) is 4.90. The van der Waals surface area contributed by atoms with Crippen molar-refractivity contribution < 1.29 is 28.6 Å². The zero-order valence-electron chi connectivity index (χ0n) is 24.2. The van der Waals surface area contributed by atoms with Gasteiger partial charge in [-0.25, -0.2) is 19.0 Å². The van der Waals surface area contributed by atoms with Crippen LogP contribution in [0.2, 0.25) is 5.02 Å². The van der Waals surface area contributed by atoms with E-state index in [1.807, 2.05) is 24.1 Å². The van der Waals surface area contributed by atoms with Crippen molar-refractivity contribution in [3.63, 3.8) is 0 Å². The molecule has 1 unspecified atom stereocenters. The molecule has 4 aromatic rings. The summed E-state index contributed by atoms with van der Waals surface area (Å²) >= 11 is 5.99. The molecule has 4 heterocycles. The van der Waals surface area contributed by atoms with Crippen molar-refractivity contribution in [1.29, 1.82) is 0 Å². The SMILES string of the molecule is CC1(c2ccc(Cl)cc2F)Oc2c(cccc2C2CCN(Cc3nc4ccc(C(=O)O)cc4n3C[C@@H]3CCO3)CC2)C1=C=O. The minimum Gasteiger partial charge on any atom is -0.478 e. The number of fused-ring (bicyclic) bond motifs is 2. The Kier molecular flexibility index (Phi) is 7.29. The number of carboxylic acids is 1. The molecule has 1 aromatic heterocycles. The van der Waals surface area contributed by atoms with Crippen molar-refractivity contribution in [2.75, 3.05) is 19.7 Å². The highest BCUT2D eigenvalue weighted by molar-refractivity contribution is 6.30. The van der Waals surface area contributed by atoms with Crippen molar-refractivity contribution in [2.24, 2.45) is 0 Å². The van der Waals surface area contributed by atoms with Crippen LogP contribution in [0.5, 0.6) is 5.75 Å². The van der Waals surface area contributed by atoms with Gasteiger partial charge in [-0.15, -0.1) is 0 Å². The molecule has 0 bridgehead atoms. The first kappa shape index (κ1) is 28.7. The Morgan fingerprint density at radius 1 is 1.16 bits per heavy atom. The van der Waals surface area contributed by atoms with Gasteiger partial charge in [-0.1, -0.05) is 35.9 Å². The fourth-order valence-electron chi connectivity index (χ4n) is 6.78. The summed E-state index contributed by atoms with van der Waals surface area (Å²) in [5.74, 6) is 2.23. The molecule has 0 saturated carbocycles. The predicted octanol–water partition coefficient (Wildman–Crippen LogP) is 6.22. The number of carbonyl (C=O) groups excluding carboxylic acids is 1. The van der Waals surface area contributed by atoms with Crippen molar-refractivity contribution in [3.8, 4) is 5.75 Å². The number of likely N-dealkylation sites (tertiary alicyclic amines) is 1. The summed E-state index contributed by atoms with van der Waals surface area (Å²) in [5.41, 5.74) is 2.65. The summed E-state index contributed by atoms with van der Waals surface area (Å²) in [5, 5.41) is 9.81. The first-order valence-corrected chi connectivity index (χ1v) is 15.2. The summed E-state index contributed by atoms with van der Waals surface area (Å²) in [4.78, 5) is 31.1. The Balaban J connectivity index is 1.11. The lowest BCUT2D eigenvalue weighted by atomic mass is 9.84. The number of nitrogens with zero attached hydrogens (tertiary/aromatic N) is 3. The molecule has 7 rings (SSSR count). The molecule has 10 heteroatoms. The molecular weight excluding hydrogens is 585 g/mol. The lowest BCUT2D eigenvalue weighted by Gasteiger charge is -2.33. The summed E-state index contributed by atoms with van der Waals surface area (Å²) in [7, 11) is 0. The summed E-state index contributed by atoms with van der Waals surface area (Å²) in [6, 6.07) is 15.2. The van der Waals surface area contributed by atoms with Crippen molar-refractivity contribution in [3.05, 3.63) is 93.5 Å². The smallest absolute Gasteiger partial charge is 0.335 e. The van der Waals surface area contributed by atoms with E-state index in [0.717, 1.165) is 61.4 Å². The number of carboxylic acid groups (broad SMARTS) is 1. The molecule has 2 atom stereocenters. The van der Waals surface area contributed by atoms with Gasteiger partial charge in [0.25, 0.3) is 0 Å². The van der Waals surface area contributed by atoms with Crippen LogP contribution in [-0.2, 0) is 28.2 Å². The Morgan fingerprint density at radius 3 is 2.64 bits per heavy atom. The average Bonchev–Trinajstić information content (AvgIpc) is 3.48. The molecule has 8 nitrogen and oxygen atoms in total. The molecule has 3 aliphatic heterocycles. The third-order valence-corrected chi connectivity index (χ3v) is 9.53. The van der Waals surface area contributed by atoms with E-state index >= 15 is 4.39 Å². The maximum Gasteiger partial charge on any atom is 0.335 e. The minimum atomic E-state index is -1.32. The van der Waals surface area contributed by atoms with Crippen LogP contribution in [0.15, 0.2) is 54.6 Å². The molecule has 44 heavy (non-hydrogen) atoms. The lowest BCUT2D eigenvalue weighted by Crippen LogP contribution is -2.35. The quantitative estimate of drug-likeness (QED) is 0.247. The molecule has 0 aliphatic carbocycles. The van der Waals surface area contributed by atoms with Crippen molar-refractivity contribution in [1.82, 2.24) is 14.5 Å². The topological polar surface area (TPSA) is 93.9 Å². The van der Waals surface area contributed by atoms with Crippen molar-refractivity contribution in [2.45, 2.75) is 56.9 Å². The predicted molar refractivity (Wildman–Crippen MR) is 163 cm³/mol. The molecule has 226 valence electrons. The van der Waals surface area contributed by atoms with E-state index in [1.165, 1.54) is 6.07 Å². The second-order valence-electron chi connectivity index (χ2n) is 11.9. The normalized spacial score (nSPS) is 22.0. The number of hydrogen-bond acceptors (Lipinski definition) is 6. The number of benzene rings is 3. The van der Waals surface area contributed by atoms with Crippen LogP contribution in [-0.4, -0.2) is 57.3 Å². The van der Waals surface area contributed by atoms with Crippen LogP contribution in [0.4, 0.5) is 4.39 Å². The Morgan fingerprint density at radius 2 is 1.95 bits per heavy atom. The summed E-state index contributed by atoms with van der Waals surface area (Å²) < 4.78 is 29.3. The van der Waals surface area contributed by atoms with Crippen molar-refractivity contribution >= 4 is 40.1 Å². The standard InChI is InChI=1S/C34H31ClFN3O5/c1-34(26-7-6-22(35)16-28(26)36)27(19-40)25-4-2-3-24(32(25)44-34)20-9-12-38(13-10-20)18-31-37-29-8-5-21(33(41)42)15-30(29)39(31)17-23-11-14-43-23/h2-8,15-16,20,23H,9-14,17-18H2,1H3,(H,41,42)/t23-,34?/m0/s1. The second kappa shape index (κ2) is 11.2. The largest absolute Gasteiger partial charge is 0.478 e. The van der Waals surface area contributed by atoms with Gasteiger partial charge in [-0.2, -0.15) is 0 Å². The Labute approximate surface area is 258 Å². The highest BCUT2D eigenvalue weighted by Gasteiger charge is 2.46. The highest BCUT2D eigenvalue weighted by Crippen LogP contribution is 2.52. The van der Waals surface area contributed by atoms with Gasteiger partial charge in [0.05, 0.1) is 41.4 Å². The van der Waals surface area contributed by atoms with Gasteiger partial charge in [-0.3, -0.25) is 4.90 Å². The number of carbonyl (C=O) groups is 1. The van der Waals surface area contributed by atoms with Gasteiger partial charge in [0.2, 0.25) is 0 Å². The van der Waals surface area contributed by atoms with Crippen LogP contribution in [0.3, 0.4) is 0 Å². The number of aromatic nitrogens is 2. The van der Waals surface area contributed by atoms with E-state index in [-0.39, 0.29) is 33.7 Å². The lowest BCUT2D eigenvalue weighted by molar-refractivity contribution is -0.0592. The molecule has 1 N–H and O–H groups in total. The fourth-order valence-corrected chi connectivity index (χ4v) is 6.94. The van der Waals surface area contributed by atoms with Gasteiger partial charge < -0.3 is 19.1 Å². The molecule has 0 radical (unpaired) electrons. The molecule has 2 saturated heterocycles. The van der Waals surface area contributed by atoms with Gasteiger partial charge in [-0.05, 0) is 81.1 Å². The summed E-state index contributed by atoms with van der Waals surface area (Å²) in [6.45, 7) is 5.34. The number of halogens is 2. The van der Waals surface area contributed by atoms with Gasteiger partial charge in [0, 0.05) is 22.8 Å². The molecule has 0 amide bonds. The Bertz CT molecular complexity index is 1840. The first-order chi connectivity index (χ1) is 21.2. The number of hydrogen-bond donors (Lipinski definition) is 1. The van der Waals surface area contributed by atoms with Crippen LogP contribution >= 0.6 is 11.6 Å². The number of ether oxygens (including phenoxy) is 2. The van der Waals surface area contributed by atoms with Gasteiger partial charge >= 0.3 is 5.97 Å². The van der Waals surface area contributed by atoms with E-state index < -0.39 is 17.4 Å². The summed E-state index contributed by atoms with van der Waals surface area (Å²) in [6.07, 6.45) is 2.79. The first-order valence-electron chi connectivity index (χ1n) is 14.8. The maximum atomic E-state index is 15.0. The molecule has 2 fully saturated rings. The molecular formula is C34H31ClFN3O5. The van der Waals surface area contributed by atoms with E-state index in [2.05, 4.69) is 9.47 Å². The zero-order chi connectivity index (χ0) is 30.6. The second-order valence-corrected chi connectivity index (χ2v) is 12.4. The minimum absolute atomic E-state index is 0.0999. The number of aromatic carboxylic acids is 1. The van der Waals surface area contributed by atoms with Crippen LogP contribution in [0.1, 0.15) is 65.0 Å². The maximum absolute atomic E-state index is 15.0. The van der Waals surface area contributed by atoms with E-state index in [9.17, 15) is 14.7 Å². The van der Waals surface area contributed by atoms with Crippen LogP contribution in [0, 0.1) is 5.82 Å². The monoisotopic (exact) mass is 615 g/mol. The average molecular weight is 616 g/mol. The number of rotatable bonds is 7. The number of para-hydroxylation sites is 1. The third-order valence-electron chi connectivity index (χ3n) is 9.29. The van der Waals surface area contributed by atoms with Crippen LogP contribution < -0.4 is 4.74 Å². The van der Waals surface area contributed by atoms with E-state index in [0.29, 0.717) is 24.4 Å². The molecule has 3 aliphatic rings. The van der Waals surface area contributed by atoms with Crippen LogP contribution in [0.25, 0.3) is 16.6 Å². The molecule has 0 spiro atoms. The zero-order valence-corrected chi connectivity index (χ0v) is 24.9. The number of imidazole rings is 1. The number of piperidine rings is 1. The van der Waals surface area contributed by atoms with E-state index in [4.69, 9.17) is 26.1 Å². The molecule has 3 aromatic carbocycles. The van der Waals surface area contributed by atoms with Gasteiger partial charge in [0.15, 0.2) is 5.60 Å². The van der Waals surface area contributed by atoms with Gasteiger partial charge in [0.1, 0.15) is 23.3 Å². The van der Waals surface area contributed by atoms with E-state index in [1.54, 1.807) is 37.3 Å². The Hall–Kier alpha value is -4.01.